The molecule has 3 N–H and O–H groups in total. The highest BCUT2D eigenvalue weighted by Crippen LogP contribution is 2.33. The van der Waals surface area contributed by atoms with Crippen molar-refractivity contribution in [3.05, 3.63) is 38.3 Å². The number of hydrogen-bond acceptors (Lipinski definition) is 4. The molecular weight excluding hydrogens is 280 g/mol. The highest BCUT2D eigenvalue weighted by atomic mass is 35.5. The van der Waals surface area contributed by atoms with Crippen LogP contribution in [0.4, 0.5) is 0 Å². The van der Waals surface area contributed by atoms with Crippen LogP contribution >= 0.6 is 22.9 Å². The number of aryl methyl sites for hydroxylation is 3. The topological polar surface area (TPSA) is 55.9 Å². The van der Waals surface area contributed by atoms with Crippen molar-refractivity contribution in [2.45, 2.75) is 39.8 Å². The van der Waals surface area contributed by atoms with E-state index in [1.54, 1.807) is 17.5 Å². The average molecular weight is 299 g/mol. The summed E-state index contributed by atoms with van der Waals surface area (Å²) in [7, 11) is 0. The van der Waals surface area contributed by atoms with Crippen LogP contribution in [0.25, 0.3) is 0 Å². The van der Waals surface area contributed by atoms with Crippen LogP contribution in [-0.2, 0) is 6.54 Å². The standard InChI is InChI=1S/C13H19ClN4S/c1-4-5-18-13(10(14)7-16-18)12(17-15)11-6-8(2)9(3)19-11/h6-7,12,17H,4-5,15H2,1-3H3. The molecule has 6 heteroatoms. The van der Waals surface area contributed by atoms with Crippen molar-refractivity contribution in [2.24, 2.45) is 5.84 Å². The first kappa shape index (κ1) is 14.5. The zero-order chi connectivity index (χ0) is 14.0. The molecule has 0 saturated heterocycles. The summed E-state index contributed by atoms with van der Waals surface area (Å²) < 4.78 is 1.93. The van der Waals surface area contributed by atoms with Crippen LogP contribution in [0.5, 0.6) is 0 Å². The molecule has 0 radical (unpaired) electrons. The third-order valence-electron chi connectivity index (χ3n) is 3.18. The van der Waals surface area contributed by atoms with E-state index in [2.05, 4.69) is 37.4 Å². The van der Waals surface area contributed by atoms with Crippen LogP contribution in [0.1, 0.15) is 40.4 Å². The number of rotatable bonds is 5. The van der Waals surface area contributed by atoms with Gasteiger partial charge in [0.1, 0.15) is 0 Å². The lowest BCUT2D eigenvalue weighted by Crippen LogP contribution is -2.30. The monoisotopic (exact) mass is 298 g/mol. The van der Waals surface area contributed by atoms with E-state index in [1.165, 1.54) is 10.4 Å². The lowest BCUT2D eigenvalue weighted by atomic mass is 10.1. The molecule has 0 saturated carbocycles. The third kappa shape index (κ3) is 2.84. The lowest BCUT2D eigenvalue weighted by Gasteiger charge is -2.17. The van der Waals surface area contributed by atoms with Crippen LogP contribution in [0.3, 0.4) is 0 Å². The first-order chi connectivity index (χ1) is 9.08. The van der Waals surface area contributed by atoms with E-state index in [-0.39, 0.29) is 6.04 Å². The van der Waals surface area contributed by atoms with Gasteiger partial charge in [-0.2, -0.15) is 5.10 Å². The molecule has 0 amide bonds. The van der Waals surface area contributed by atoms with Gasteiger partial charge in [0, 0.05) is 16.3 Å². The van der Waals surface area contributed by atoms with E-state index in [1.807, 2.05) is 4.68 Å². The molecule has 1 atom stereocenters. The molecule has 2 rings (SSSR count). The Kier molecular flexibility index (Phi) is 4.62. The zero-order valence-electron chi connectivity index (χ0n) is 11.4. The molecule has 2 heterocycles. The molecule has 2 aromatic rings. The van der Waals surface area contributed by atoms with Crippen molar-refractivity contribution < 1.29 is 0 Å². The van der Waals surface area contributed by atoms with Gasteiger partial charge in [0.15, 0.2) is 0 Å². The number of aromatic nitrogens is 2. The van der Waals surface area contributed by atoms with Gasteiger partial charge in [0.2, 0.25) is 0 Å². The van der Waals surface area contributed by atoms with E-state index >= 15 is 0 Å². The normalized spacial score (nSPS) is 12.9. The van der Waals surface area contributed by atoms with Crippen molar-refractivity contribution in [3.63, 3.8) is 0 Å². The third-order valence-corrected chi connectivity index (χ3v) is 4.69. The first-order valence-corrected chi connectivity index (χ1v) is 7.52. The molecule has 0 aromatic carbocycles. The molecule has 2 aromatic heterocycles. The average Bonchev–Trinajstić information content (AvgIpc) is 2.88. The Morgan fingerprint density at radius 3 is 2.79 bits per heavy atom. The number of hydrazine groups is 1. The van der Waals surface area contributed by atoms with E-state index in [4.69, 9.17) is 17.4 Å². The minimum atomic E-state index is -0.112. The second-order valence-corrected chi connectivity index (χ2v) is 6.28. The summed E-state index contributed by atoms with van der Waals surface area (Å²) in [6, 6.07) is 2.04. The van der Waals surface area contributed by atoms with Crippen LogP contribution in [0, 0.1) is 13.8 Å². The largest absolute Gasteiger partial charge is 0.270 e. The fraction of sp³-hybridized carbons (Fsp3) is 0.462. The molecule has 104 valence electrons. The molecule has 0 aliphatic heterocycles. The first-order valence-electron chi connectivity index (χ1n) is 6.32. The predicted octanol–water partition coefficient (Wildman–Crippen LogP) is 3.18. The van der Waals surface area contributed by atoms with Gasteiger partial charge in [-0.3, -0.25) is 10.5 Å². The Bertz CT molecular complexity index is 541. The molecule has 0 fully saturated rings. The number of nitrogens with two attached hydrogens (primary N) is 1. The second kappa shape index (κ2) is 6.05. The van der Waals surface area contributed by atoms with E-state index in [9.17, 15) is 0 Å². The van der Waals surface area contributed by atoms with Gasteiger partial charge in [0.25, 0.3) is 0 Å². The van der Waals surface area contributed by atoms with E-state index < -0.39 is 0 Å². The van der Waals surface area contributed by atoms with E-state index in [0.717, 1.165) is 23.5 Å². The highest BCUT2D eigenvalue weighted by Gasteiger charge is 2.22. The van der Waals surface area contributed by atoms with Crippen LogP contribution in [0.2, 0.25) is 5.02 Å². The smallest absolute Gasteiger partial charge is 0.0985 e. The lowest BCUT2D eigenvalue weighted by molar-refractivity contribution is 0.524. The number of thiophene rings is 1. The van der Waals surface area contributed by atoms with Gasteiger partial charge in [-0.25, -0.2) is 5.43 Å². The summed E-state index contributed by atoms with van der Waals surface area (Å²) in [4.78, 5) is 2.46. The summed E-state index contributed by atoms with van der Waals surface area (Å²) in [6.45, 7) is 7.17. The van der Waals surface area contributed by atoms with E-state index in [0.29, 0.717) is 5.02 Å². The molecular formula is C13H19ClN4S. The van der Waals surface area contributed by atoms with Crippen LogP contribution in [0.15, 0.2) is 12.3 Å². The maximum absolute atomic E-state index is 6.28. The summed E-state index contributed by atoms with van der Waals surface area (Å²) in [5, 5.41) is 4.98. The van der Waals surface area contributed by atoms with Crippen LogP contribution in [-0.4, -0.2) is 9.78 Å². The Balaban J connectivity index is 2.44. The van der Waals surface area contributed by atoms with Crippen molar-refractivity contribution in [3.8, 4) is 0 Å². The summed E-state index contributed by atoms with van der Waals surface area (Å²) in [5.74, 6) is 5.75. The molecule has 0 aliphatic rings. The predicted molar refractivity (Wildman–Crippen MR) is 80.5 cm³/mol. The molecule has 1 unspecified atom stereocenters. The minimum Gasteiger partial charge on any atom is -0.270 e. The fourth-order valence-corrected chi connectivity index (χ4v) is 3.45. The van der Waals surface area contributed by atoms with Gasteiger partial charge in [-0.15, -0.1) is 11.3 Å². The fourth-order valence-electron chi connectivity index (χ4n) is 2.09. The van der Waals surface area contributed by atoms with Gasteiger partial charge in [-0.1, -0.05) is 18.5 Å². The highest BCUT2D eigenvalue weighted by molar-refractivity contribution is 7.12. The van der Waals surface area contributed by atoms with Crippen molar-refractivity contribution in [1.82, 2.24) is 15.2 Å². The number of halogens is 1. The zero-order valence-corrected chi connectivity index (χ0v) is 13.0. The maximum atomic E-state index is 6.28. The molecule has 0 aliphatic carbocycles. The Hall–Kier alpha value is -0.880. The summed E-state index contributed by atoms with van der Waals surface area (Å²) >= 11 is 8.01. The minimum absolute atomic E-state index is 0.112. The number of nitrogens with zero attached hydrogens (tertiary/aromatic N) is 2. The summed E-state index contributed by atoms with van der Waals surface area (Å²) in [5.41, 5.74) is 5.08. The van der Waals surface area contributed by atoms with Gasteiger partial charge < -0.3 is 0 Å². The Labute approximate surface area is 122 Å². The Morgan fingerprint density at radius 2 is 2.26 bits per heavy atom. The van der Waals surface area contributed by atoms with Crippen LogP contribution < -0.4 is 11.3 Å². The number of nitrogens with one attached hydrogen (secondary N) is 1. The Morgan fingerprint density at radius 1 is 1.53 bits per heavy atom. The quantitative estimate of drug-likeness (QED) is 0.658. The van der Waals surface area contributed by atoms with Crippen molar-refractivity contribution in [2.75, 3.05) is 0 Å². The van der Waals surface area contributed by atoms with Crippen molar-refractivity contribution in [1.29, 1.82) is 0 Å². The molecule has 19 heavy (non-hydrogen) atoms. The number of hydrogen-bond donors (Lipinski definition) is 2. The summed E-state index contributed by atoms with van der Waals surface area (Å²) in [6.07, 6.45) is 2.69. The molecule has 0 bridgehead atoms. The molecule has 4 nitrogen and oxygen atoms in total. The van der Waals surface area contributed by atoms with Gasteiger partial charge in [-0.05, 0) is 31.9 Å². The second-order valence-electron chi connectivity index (χ2n) is 4.59. The van der Waals surface area contributed by atoms with Crippen molar-refractivity contribution >= 4 is 22.9 Å². The molecule has 0 spiro atoms. The van der Waals surface area contributed by atoms with Gasteiger partial charge in [0.05, 0.1) is 23.0 Å². The van der Waals surface area contributed by atoms with Gasteiger partial charge >= 0.3 is 0 Å². The maximum Gasteiger partial charge on any atom is 0.0985 e. The SMILES string of the molecule is CCCn1ncc(Cl)c1C(NN)c1cc(C)c(C)s1.